The molecular weight excluding hydrogens is 467 g/mol. The SMILES string of the molecule is CN=C(NCc1ncc(-c2ccc(C)cc2)o1)NC1CCS(=O)(=O)C1.I. The Bertz CT molecular complexity index is 862. The third-order valence-corrected chi connectivity index (χ3v) is 5.86. The molecule has 2 aromatic rings. The summed E-state index contributed by atoms with van der Waals surface area (Å²) in [4.78, 5) is 8.39. The Morgan fingerprint density at radius 2 is 2.08 bits per heavy atom. The van der Waals surface area contributed by atoms with Gasteiger partial charge in [0.25, 0.3) is 0 Å². The summed E-state index contributed by atoms with van der Waals surface area (Å²) >= 11 is 0. The lowest BCUT2D eigenvalue weighted by atomic mass is 10.1. The first-order valence-corrected chi connectivity index (χ1v) is 9.97. The standard InChI is InChI=1S/C17H22N4O3S.HI/c1-12-3-5-13(6-4-12)15-9-19-16(24-15)10-20-17(18-2)21-14-7-8-25(22,23)11-14;/h3-6,9,14H,7-8,10-11H2,1-2H3,(H2,18,20,21);1H. The first-order valence-electron chi connectivity index (χ1n) is 8.14. The van der Waals surface area contributed by atoms with Crippen molar-refractivity contribution < 1.29 is 12.8 Å². The van der Waals surface area contributed by atoms with E-state index < -0.39 is 9.84 Å². The average Bonchev–Trinajstić information content (AvgIpc) is 3.18. The molecule has 0 amide bonds. The van der Waals surface area contributed by atoms with Crippen molar-refractivity contribution in [3.63, 3.8) is 0 Å². The van der Waals surface area contributed by atoms with Gasteiger partial charge in [0.1, 0.15) is 0 Å². The fraction of sp³-hybridized carbons (Fsp3) is 0.412. The van der Waals surface area contributed by atoms with Gasteiger partial charge in [0.05, 0.1) is 24.2 Å². The summed E-state index contributed by atoms with van der Waals surface area (Å²) in [6.07, 6.45) is 2.29. The van der Waals surface area contributed by atoms with Gasteiger partial charge in [0.15, 0.2) is 21.6 Å². The molecule has 0 bridgehead atoms. The van der Waals surface area contributed by atoms with Crippen molar-refractivity contribution in [1.82, 2.24) is 15.6 Å². The first kappa shape index (κ1) is 20.7. The van der Waals surface area contributed by atoms with Crippen LogP contribution in [0.25, 0.3) is 11.3 Å². The minimum Gasteiger partial charge on any atom is -0.439 e. The smallest absolute Gasteiger partial charge is 0.214 e. The molecule has 2 N–H and O–H groups in total. The van der Waals surface area contributed by atoms with Gasteiger partial charge in [-0.25, -0.2) is 13.4 Å². The van der Waals surface area contributed by atoms with Crippen LogP contribution in [0.5, 0.6) is 0 Å². The largest absolute Gasteiger partial charge is 0.439 e. The van der Waals surface area contributed by atoms with Crippen LogP contribution in [-0.4, -0.2) is 44.0 Å². The molecule has 1 aromatic carbocycles. The molecule has 9 heteroatoms. The molecule has 1 aliphatic heterocycles. The van der Waals surface area contributed by atoms with E-state index in [0.717, 1.165) is 5.56 Å². The minimum absolute atomic E-state index is 0. The number of sulfone groups is 1. The van der Waals surface area contributed by atoms with Crippen molar-refractivity contribution in [3.8, 4) is 11.3 Å². The van der Waals surface area contributed by atoms with Gasteiger partial charge >= 0.3 is 0 Å². The van der Waals surface area contributed by atoms with Gasteiger partial charge in [0.2, 0.25) is 5.89 Å². The molecule has 1 aliphatic rings. The Labute approximate surface area is 170 Å². The van der Waals surface area contributed by atoms with Crippen LogP contribution in [-0.2, 0) is 16.4 Å². The van der Waals surface area contributed by atoms with Crippen LogP contribution in [0.15, 0.2) is 39.9 Å². The van der Waals surface area contributed by atoms with Gasteiger partial charge < -0.3 is 15.1 Å². The van der Waals surface area contributed by atoms with Gasteiger partial charge in [-0.2, -0.15) is 0 Å². The molecule has 142 valence electrons. The van der Waals surface area contributed by atoms with Crippen molar-refractivity contribution in [2.45, 2.75) is 25.9 Å². The highest BCUT2D eigenvalue weighted by Crippen LogP contribution is 2.20. The molecule has 0 spiro atoms. The van der Waals surface area contributed by atoms with Crippen LogP contribution < -0.4 is 10.6 Å². The van der Waals surface area contributed by atoms with Crippen molar-refractivity contribution >= 4 is 39.8 Å². The Morgan fingerprint density at radius 3 is 2.69 bits per heavy atom. The number of nitrogens with zero attached hydrogens (tertiary/aromatic N) is 2. The minimum atomic E-state index is -2.92. The number of aromatic nitrogens is 1. The first-order chi connectivity index (χ1) is 11.9. The van der Waals surface area contributed by atoms with Gasteiger partial charge in [-0.05, 0) is 13.3 Å². The number of rotatable bonds is 4. The van der Waals surface area contributed by atoms with Crippen LogP contribution in [0.3, 0.4) is 0 Å². The third kappa shape index (κ3) is 5.44. The predicted molar refractivity (Wildman–Crippen MR) is 112 cm³/mol. The lowest BCUT2D eigenvalue weighted by Gasteiger charge is -2.15. The van der Waals surface area contributed by atoms with E-state index in [-0.39, 0.29) is 41.5 Å². The molecule has 1 atom stereocenters. The molecule has 0 radical (unpaired) electrons. The summed E-state index contributed by atoms with van der Waals surface area (Å²) in [6, 6.07) is 7.93. The van der Waals surface area contributed by atoms with E-state index in [9.17, 15) is 8.42 Å². The second kappa shape index (κ2) is 8.85. The van der Waals surface area contributed by atoms with E-state index in [1.54, 1.807) is 13.2 Å². The molecule has 26 heavy (non-hydrogen) atoms. The monoisotopic (exact) mass is 490 g/mol. The molecule has 1 saturated heterocycles. The van der Waals surface area contributed by atoms with E-state index in [4.69, 9.17) is 4.42 Å². The number of nitrogens with one attached hydrogen (secondary N) is 2. The Balaban J connectivity index is 0.00000243. The summed E-state index contributed by atoms with van der Waals surface area (Å²) in [5.74, 6) is 2.15. The molecule has 1 aromatic heterocycles. The van der Waals surface area contributed by atoms with Crippen molar-refractivity contribution in [2.24, 2.45) is 4.99 Å². The van der Waals surface area contributed by atoms with E-state index in [1.807, 2.05) is 31.2 Å². The number of aliphatic imine (C=N–C) groups is 1. The summed E-state index contributed by atoms with van der Waals surface area (Å²) in [5.41, 5.74) is 2.16. The van der Waals surface area contributed by atoms with Crippen LogP contribution >= 0.6 is 24.0 Å². The van der Waals surface area contributed by atoms with Crippen molar-refractivity contribution in [2.75, 3.05) is 18.6 Å². The Hall–Kier alpha value is -1.62. The van der Waals surface area contributed by atoms with E-state index in [2.05, 4.69) is 20.6 Å². The maximum absolute atomic E-state index is 11.5. The average molecular weight is 490 g/mol. The Morgan fingerprint density at radius 1 is 1.35 bits per heavy atom. The van der Waals surface area contributed by atoms with E-state index >= 15 is 0 Å². The van der Waals surface area contributed by atoms with E-state index in [1.165, 1.54) is 5.56 Å². The number of benzene rings is 1. The van der Waals surface area contributed by atoms with Crippen LogP contribution in [0.4, 0.5) is 0 Å². The third-order valence-electron chi connectivity index (χ3n) is 4.09. The molecule has 0 saturated carbocycles. The molecular formula is C17H23IN4O3S. The number of aryl methyl sites for hydroxylation is 1. The van der Waals surface area contributed by atoms with Crippen molar-refractivity contribution in [3.05, 3.63) is 41.9 Å². The van der Waals surface area contributed by atoms with Gasteiger partial charge in [0, 0.05) is 18.7 Å². The summed E-state index contributed by atoms with van der Waals surface area (Å²) in [6.45, 7) is 2.40. The van der Waals surface area contributed by atoms with Crippen molar-refractivity contribution in [1.29, 1.82) is 0 Å². The second-order valence-electron chi connectivity index (χ2n) is 6.15. The zero-order valence-electron chi connectivity index (χ0n) is 14.7. The molecule has 2 heterocycles. The molecule has 1 unspecified atom stereocenters. The highest BCUT2D eigenvalue weighted by atomic mass is 127. The summed E-state index contributed by atoms with van der Waals surface area (Å²) in [5, 5.41) is 6.23. The number of guanidine groups is 1. The zero-order valence-corrected chi connectivity index (χ0v) is 17.9. The molecule has 0 aliphatic carbocycles. The lowest BCUT2D eigenvalue weighted by molar-refractivity contribution is 0.496. The highest BCUT2D eigenvalue weighted by Gasteiger charge is 2.28. The molecule has 7 nitrogen and oxygen atoms in total. The maximum Gasteiger partial charge on any atom is 0.214 e. The fourth-order valence-electron chi connectivity index (χ4n) is 2.70. The highest BCUT2D eigenvalue weighted by molar-refractivity contribution is 14.0. The number of oxazole rings is 1. The zero-order chi connectivity index (χ0) is 17.9. The van der Waals surface area contributed by atoms with Crippen LogP contribution in [0, 0.1) is 6.92 Å². The number of hydrogen-bond acceptors (Lipinski definition) is 5. The summed E-state index contributed by atoms with van der Waals surface area (Å²) < 4.78 is 28.8. The quantitative estimate of drug-likeness (QED) is 0.387. The van der Waals surface area contributed by atoms with Gasteiger partial charge in [-0.1, -0.05) is 29.8 Å². The maximum atomic E-state index is 11.5. The number of hydrogen-bond donors (Lipinski definition) is 2. The van der Waals surface area contributed by atoms with Gasteiger partial charge in [-0.3, -0.25) is 4.99 Å². The summed E-state index contributed by atoms with van der Waals surface area (Å²) in [7, 11) is -1.28. The normalized spacial score (nSPS) is 19.0. The van der Waals surface area contributed by atoms with Gasteiger partial charge in [-0.15, -0.1) is 24.0 Å². The lowest BCUT2D eigenvalue weighted by Crippen LogP contribution is -2.43. The fourth-order valence-corrected chi connectivity index (χ4v) is 4.37. The van der Waals surface area contributed by atoms with Crippen LogP contribution in [0.2, 0.25) is 0 Å². The van der Waals surface area contributed by atoms with Crippen LogP contribution in [0.1, 0.15) is 17.9 Å². The topological polar surface area (TPSA) is 96.6 Å². The predicted octanol–water partition coefficient (Wildman–Crippen LogP) is 2.12. The van der Waals surface area contributed by atoms with E-state index in [0.29, 0.717) is 30.6 Å². The molecule has 1 fully saturated rings. The Kier molecular flexibility index (Phi) is 7.04. The molecule has 3 rings (SSSR count). The second-order valence-corrected chi connectivity index (χ2v) is 8.38. The number of halogens is 1.